The van der Waals surface area contributed by atoms with Crippen LogP contribution in [-0.4, -0.2) is 36.9 Å². The lowest BCUT2D eigenvalue weighted by Gasteiger charge is -2.22. The molecule has 176 valence electrons. The number of ether oxygens (including phenoxy) is 2. The molecule has 5 rings (SSSR count). The molecule has 0 amide bonds. The zero-order chi connectivity index (χ0) is 25.1. The van der Waals surface area contributed by atoms with E-state index in [4.69, 9.17) is 9.47 Å². The number of nitro benzene ring substituents is 1. The highest BCUT2D eigenvalue weighted by Gasteiger charge is 2.54. The van der Waals surface area contributed by atoms with Crippen molar-refractivity contribution in [1.29, 1.82) is 0 Å². The first kappa shape index (κ1) is 22.5. The quantitative estimate of drug-likeness (QED) is 0.190. The van der Waals surface area contributed by atoms with Crippen LogP contribution in [0.5, 0.6) is 0 Å². The normalized spacial score (nSPS) is 14.7. The standard InChI is InChI=1S/C27H21NO7/c1-14-19-12-27(25(30)34-2,26(31)35-3)13-20(19)22(15-8-10-16(11-9-15)28(32)33)23-17-6-4-5-7-18(17)24(29)21(14)23/h4-11H,12-13H2,1-3H3. The highest BCUT2D eigenvalue weighted by Crippen LogP contribution is 2.53. The summed E-state index contributed by atoms with van der Waals surface area (Å²) in [4.78, 5) is 50.1. The summed E-state index contributed by atoms with van der Waals surface area (Å²) in [6.07, 6.45) is 0.0584. The van der Waals surface area contributed by atoms with Crippen molar-refractivity contribution in [2.45, 2.75) is 19.8 Å². The molecule has 2 aliphatic rings. The zero-order valence-corrected chi connectivity index (χ0v) is 19.3. The minimum Gasteiger partial charge on any atom is -0.468 e. The van der Waals surface area contributed by atoms with E-state index in [1.807, 2.05) is 19.1 Å². The van der Waals surface area contributed by atoms with Crippen molar-refractivity contribution in [3.63, 3.8) is 0 Å². The van der Waals surface area contributed by atoms with Gasteiger partial charge < -0.3 is 9.47 Å². The zero-order valence-electron chi connectivity index (χ0n) is 19.3. The molecule has 3 aromatic rings. The van der Waals surface area contributed by atoms with Crippen molar-refractivity contribution in [2.24, 2.45) is 5.41 Å². The number of non-ortho nitro benzene ring substituents is 1. The lowest BCUT2D eigenvalue weighted by molar-refractivity contribution is -0.384. The smallest absolute Gasteiger partial charge is 0.323 e. The van der Waals surface area contributed by atoms with Crippen LogP contribution >= 0.6 is 0 Å². The number of carbonyl (C=O) groups is 3. The summed E-state index contributed by atoms with van der Waals surface area (Å²) in [5, 5.41) is 11.2. The Bertz CT molecular complexity index is 1440. The maximum Gasteiger partial charge on any atom is 0.323 e. The molecule has 0 aliphatic heterocycles. The van der Waals surface area contributed by atoms with E-state index in [9.17, 15) is 24.5 Å². The summed E-state index contributed by atoms with van der Waals surface area (Å²) in [5.41, 5.74) is 4.39. The topological polar surface area (TPSA) is 113 Å². The van der Waals surface area contributed by atoms with E-state index in [1.165, 1.54) is 26.4 Å². The van der Waals surface area contributed by atoms with Crippen LogP contribution in [0.25, 0.3) is 22.3 Å². The maximum absolute atomic E-state index is 13.5. The third kappa shape index (κ3) is 3.02. The molecule has 0 heterocycles. The van der Waals surface area contributed by atoms with Crippen LogP contribution in [0.2, 0.25) is 0 Å². The summed E-state index contributed by atoms with van der Waals surface area (Å²) in [6, 6.07) is 13.3. The molecule has 0 N–H and O–H groups in total. The number of nitrogens with zero attached hydrogens (tertiary/aromatic N) is 1. The number of fused-ring (bicyclic) bond motifs is 4. The Morgan fingerprint density at radius 1 is 0.857 bits per heavy atom. The maximum atomic E-state index is 13.5. The third-order valence-electron chi connectivity index (χ3n) is 7.14. The van der Waals surface area contributed by atoms with E-state index in [0.29, 0.717) is 38.9 Å². The molecule has 0 radical (unpaired) electrons. The molecule has 8 nitrogen and oxygen atoms in total. The monoisotopic (exact) mass is 471 g/mol. The van der Waals surface area contributed by atoms with Crippen LogP contribution in [-0.2, 0) is 31.9 Å². The van der Waals surface area contributed by atoms with E-state index in [2.05, 4.69) is 0 Å². The summed E-state index contributed by atoms with van der Waals surface area (Å²) in [7, 11) is 2.44. The predicted molar refractivity (Wildman–Crippen MR) is 126 cm³/mol. The van der Waals surface area contributed by atoms with E-state index in [-0.39, 0.29) is 24.3 Å². The molecule has 3 aromatic carbocycles. The molecule has 0 spiro atoms. The molecule has 0 atom stereocenters. The average molecular weight is 471 g/mol. The Labute approximate surface area is 200 Å². The van der Waals surface area contributed by atoms with Gasteiger partial charge in [-0.05, 0) is 52.4 Å². The first-order valence-electron chi connectivity index (χ1n) is 11.0. The number of benzene rings is 3. The van der Waals surface area contributed by atoms with Crippen LogP contribution in [0.4, 0.5) is 5.69 Å². The number of rotatable bonds is 4. The summed E-state index contributed by atoms with van der Waals surface area (Å²) >= 11 is 0. The van der Waals surface area contributed by atoms with Crippen LogP contribution in [0.3, 0.4) is 0 Å². The number of esters is 2. The van der Waals surface area contributed by atoms with E-state index >= 15 is 0 Å². The third-order valence-corrected chi connectivity index (χ3v) is 7.14. The van der Waals surface area contributed by atoms with E-state index in [1.54, 1.807) is 24.3 Å². The first-order chi connectivity index (χ1) is 16.7. The molecule has 0 saturated carbocycles. The van der Waals surface area contributed by atoms with Gasteiger partial charge in [0.25, 0.3) is 5.69 Å². The fraction of sp³-hybridized carbons (Fsp3) is 0.222. The van der Waals surface area contributed by atoms with Gasteiger partial charge in [0.2, 0.25) is 0 Å². The van der Waals surface area contributed by atoms with Gasteiger partial charge in [0.15, 0.2) is 11.2 Å². The number of methoxy groups -OCH3 is 2. The highest BCUT2D eigenvalue weighted by atomic mass is 16.6. The average Bonchev–Trinajstić information content (AvgIpc) is 3.42. The van der Waals surface area contributed by atoms with Gasteiger partial charge >= 0.3 is 11.9 Å². The molecule has 0 saturated heterocycles. The number of ketones is 1. The van der Waals surface area contributed by atoms with Crippen molar-refractivity contribution >= 4 is 23.4 Å². The van der Waals surface area contributed by atoms with Crippen molar-refractivity contribution < 1.29 is 28.8 Å². The molecule has 8 heteroatoms. The van der Waals surface area contributed by atoms with Gasteiger partial charge in [0.05, 0.1) is 19.1 Å². The van der Waals surface area contributed by atoms with Crippen LogP contribution in [0.1, 0.15) is 32.6 Å². The van der Waals surface area contributed by atoms with Gasteiger partial charge in [-0.2, -0.15) is 0 Å². The molecule has 35 heavy (non-hydrogen) atoms. The molecule has 0 aromatic heterocycles. The predicted octanol–water partition coefficient (Wildman–Crippen LogP) is 4.21. The van der Waals surface area contributed by atoms with Gasteiger partial charge in [0, 0.05) is 41.7 Å². The fourth-order valence-corrected chi connectivity index (χ4v) is 5.51. The number of carbonyl (C=O) groups excluding carboxylic acids is 3. The number of nitro groups is 1. The van der Waals surface area contributed by atoms with Crippen molar-refractivity contribution in [1.82, 2.24) is 0 Å². The van der Waals surface area contributed by atoms with Gasteiger partial charge in [0.1, 0.15) is 0 Å². The minimum absolute atomic E-state index is 0.0263. The highest BCUT2D eigenvalue weighted by molar-refractivity contribution is 6.25. The van der Waals surface area contributed by atoms with Crippen molar-refractivity contribution in [2.75, 3.05) is 14.2 Å². The summed E-state index contributed by atoms with van der Waals surface area (Å²) < 4.78 is 10.0. The largest absolute Gasteiger partial charge is 0.468 e. The number of hydrogen-bond donors (Lipinski definition) is 0. The Balaban J connectivity index is 1.85. The van der Waals surface area contributed by atoms with E-state index in [0.717, 1.165) is 11.1 Å². The molecule has 2 aliphatic carbocycles. The Morgan fingerprint density at radius 3 is 2.00 bits per heavy atom. The van der Waals surface area contributed by atoms with Gasteiger partial charge in [-0.3, -0.25) is 24.5 Å². The van der Waals surface area contributed by atoms with Crippen LogP contribution in [0, 0.1) is 22.5 Å². The Morgan fingerprint density at radius 2 is 1.43 bits per heavy atom. The van der Waals surface area contributed by atoms with Gasteiger partial charge in [-0.1, -0.05) is 24.3 Å². The van der Waals surface area contributed by atoms with Crippen molar-refractivity contribution in [3.8, 4) is 22.3 Å². The molecule has 0 unspecified atom stereocenters. The Hall–Kier alpha value is -4.33. The number of hydrogen-bond acceptors (Lipinski definition) is 7. The fourth-order valence-electron chi connectivity index (χ4n) is 5.51. The minimum atomic E-state index is -1.58. The lowest BCUT2D eigenvalue weighted by atomic mass is 9.83. The van der Waals surface area contributed by atoms with Gasteiger partial charge in [-0.25, -0.2) is 0 Å². The molecular weight excluding hydrogens is 450 g/mol. The van der Waals surface area contributed by atoms with E-state index < -0.39 is 22.3 Å². The summed E-state index contributed by atoms with van der Waals surface area (Å²) in [5.74, 6) is -1.55. The van der Waals surface area contributed by atoms with Crippen LogP contribution in [0.15, 0.2) is 48.5 Å². The van der Waals surface area contributed by atoms with Gasteiger partial charge in [-0.15, -0.1) is 0 Å². The second kappa shape index (κ2) is 7.87. The summed E-state index contributed by atoms with van der Waals surface area (Å²) in [6.45, 7) is 1.83. The molecule has 0 fully saturated rings. The molecular formula is C27H21NO7. The SMILES string of the molecule is COC(=O)C1(C(=O)OC)Cc2c(C)c3c(c(-c4ccc([N+](=O)[O-])cc4)c2C1)-c1ccccc1C3=O. The molecule has 0 bridgehead atoms. The second-order valence-electron chi connectivity index (χ2n) is 8.80. The first-order valence-corrected chi connectivity index (χ1v) is 11.0. The lowest BCUT2D eigenvalue weighted by Crippen LogP contribution is -2.42. The van der Waals surface area contributed by atoms with Crippen molar-refractivity contribution in [3.05, 3.63) is 86.5 Å². The van der Waals surface area contributed by atoms with Crippen LogP contribution < -0.4 is 0 Å². The Kier molecular flexibility index (Phi) is 5.05. The second-order valence-corrected chi connectivity index (χ2v) is 8.80.